The van der Waals surface area contributed by atoms with Crippen LogP contribution in [0.4, 0.5) is 5.69 Å². The second-order valence-corrected chi connectivity index (χ2v) is 5.62. The molecule has 2 N–H and O–H groups in total. The minimum atomic E-state index is 0.0310. The van der Waals surface area contributed by atoms with E-state index in [1.165, 1.54) is 38.5 Å². The highest BCUT2D eigenvalue weighted by Crippen LogP contribution is 2.20. The van der Waals surface area contributed by atoms with Crippen molar-refractivity contribution in [1.82, 2.24) is 9.47 Å². The molecule has 2 rings (SSSR count). The van der Waals surface area contributed by atoms with Crippen LogP contribution >= 0.6 is 0 Å². The third-order valence-corrected chi connectivity index (χ3v) is 4.15. The van der Waals surface area contributed by atoms with Gasteiger partial charge < -0.3 is 15.2 Å². The van der Waals surface area contributed by atoms with Crippen LogP contribution < -0.4 is 11.3 Å². The third kappa shape index (κ3) is 4.10. The molecule has 0 aromatic carbocycles. The van der Waals surface area contributed by atoms with Gasteiger partial charge in [-0.3, -0.25) is 4.79 Å². The zero-order chi connectivity index (χ0) is 13.7. The van der Waals surface area contributed by atoms with Gasteiger partial charge in [0.2, 0.25) is 0 Å². The lowest BCUT2D eigenvalue weighted by Gasteiger charge is -2.27. The molecule has 4 nitrogen and oxygen atoms in total. The average Bonchev–Trinajstić information content (AvgIpc) is 2.68. The maximum Gasteiger partial charge on any atom is 0.250 e. The topological polar surface area (TPSA) is 51.3 Å². The van der Waals surface area contributed by atoms with Crippen molar-refractivity contribution < 1.29 is 0 Å². The van der Waals surface area contributed by atoms with Crippen molar-refractivity contribution in [3.8, 4) is 0 Å². The quantitative estimate of drug-likeness (QED) is 0.846. The maximum absolute atomic E-state index is 11.7. The summed E-state index contributed by atoms with van der Waals surface area (Å²) in [6.45, 7) is 1.63. The van der Waals surface area contributed by atoms with Crippen molar-refractivity contribution in [1.29, 1.82) is 0 Å². The van der Waals surface area contributed by atoms with Crippen molar-refractivity contribution >= 4 is 5.69 Å². The molecule has 0 amide bonds. The summed E-state index contributed by atoms with van der Waals surface area (Å²) in [4.78, 5) is 14.1. The van der Waals surface area contributed by atoms with E-state index in [1.54, 1.807) is 22.9 Å². The first-order valence-corrected chi connectivity index (χ1v) is 7.33. The van der Waals surface area contributed by atoms with Gasteiger partial charge in [-0.15, -0.1) is 0 Å². The van der Waals surface area contributed by atoms with E-state index in [0.29, 0.717) is 11.7 Å². The Balaban J connectivity index is 1.90. The van der Waals surface area contributed by atoms with Crippen molar-refractivity contribution in [3.05, 3.63) is 28.7 Å². The first-order valence-electron chi connectivity index (χ1n) is 7.33. The Kier molecular flexibility index (Phi) is 5.02. The molecule has 19 heavy (non-hydrogen) atoms. The lowest BCUT2D eigenvalue weighted by atomic mass is 10.1. The molecule has 0 bridgehead atoms. The SMILES string of the molecule is CN(CCn1cc(N)ccc1=O)C1CCCCCC1. The van der Waals surface area contributed by atoms with Crippen molar-refractivity contribution in [2.24, 2.45) is 0 Å². The average molecular weight is 263 g/mol. The highest BCUT2D eigenvalue weighted by molar-refractivity contribution is 5.33. The van der Waals surface area contributed by atoms with Gasteiger partial charge in [-0.25, -0.2) is 0 Å². The molecule has 1 aliphatic rings. The number of hydrogen-bond acceptors (Lipinski definition) is 3. The lowest BCUT2D eigenvalue weighted by molar-refractivity contribution is 0.212. The van der Waals surface area contributed by atoms with Crippen LogP contribution in [-0.2, 0) is 6.54 Å². The summed E-state index contributed by atoms with van der Waals surface area (Å²) in [5, 5.41) is 0. The summed E-state index contributed by atoms with van der Waals surface area (Å²) in [5.41, 5.74) is 6.40. The van der Waals surface area contributed by atoms with Gasteiger partial charge in [0, 0.05) is 37.1 Å². The fourth-order valence-electron chi connectivity index (χ4n) is 2.87. The number of hydrogen-bond donors (Lipinski definition) is 1. The molecule has 0 radical (unpaired) electrons. The number of nitrogens with zero attached hydrogens (tertiary/aromatic N) is 2. The van der Waals surface area contributed by atoms with Crippen LogP contribution in [0.3, 0.4) is 0 Å². The predicted octanol–water partition coefficient (Wildman–Crippen LogP) is 2.09. The molecule has 1 saturated carbocycles. The number of anilines is 1. The molecule has 106 valence electrons. The number of aromatic nitrogens is 1. The van der Waals surface area contributed by atoms with Crippen LogP contribution in [-0.4, -0.2) is 29.1 Å². The van der Waals surface area contributed by atoms with Gasteiger partial charge in [0.1, 0.15) is 0 Å². The Morgan fingerprint density at radius 2 is 1.95 bits per heavy atom. The second-order valence-electron chi connectivity index (χ2n) is 5.62. The summed E-state index contributed by atoms with van der Waals surface area (Å²) >= 11 is 0. The molecule has 0 aliphatic heterocycles. The molecule has 1 aromatic rings. The molecule has 4 heteroatoms. The molecule has 0 unspecified atom stereocenters. The van der Waals surface area contributed by atoms with Crippen molar-refractivity contribution in [2.75, 3.05) is 19.3 Å². The highest BCUT2D eigenvalue weighted by atomic mass is 16.1. The van der Waals surface area contributed by atoms with Crippen LogP contribution in [0.15, 0.2) is 23.1 Å². The van der Waals surface area contributed by atoms with E-state index >= 15 is 0 Å². The summed E-state index contributed by atoms with van der Waals surface area (Å²) in [5.74, 6) is 0. The van der Waals surface area contributed by atoms with Gasteiger partial charge in [-0.05, 0) is 26.0 Å². The van der Waals surface area contributed by atoms with Crippen LogP contribution in [0.25, 0.3) is 0 Å². The minimum Gasteiger partial charge on any atom is -0.398 e. The normalized spacial score (nSPS) is 17.6. The Labute approximate surface area is 115 Å². The summed E-state index contributed by atoms with van der Waals surface area (Å²) in [7, 11) is 2.17. The van der Waals surface area contributed by atoms with Gasteiger partial charge in [0.25, 0.3) is 5.56 Å². The van der Waals surface area contributed by atoms with E-state index < -0.39 is 0 Å². The monoisotopic (exact) mass is 263 g/mol. The maximum atomic E-state index is 11.7. The zero-order valence-electron chi connectivity index (χ0n) is 11.8. The Morgan fingerprint density at radius 1 is 1.26 bits per heavy atom. The molecular weight excluding hydrogens is 238 g/mol. The molecule has 1 fully saturated rings. The van der Waals surface area contributed by atoms with Gasteiger partial charge in [-0.1, -0.05) is 25.7 Å². The van der Waals surface area contributed by atoms with Crippen LogP contribution in [0.1, 0.15) is 38.5 Å². The van der Waals surface area contributed by atoms with Crippen LogP contribution in [0.5, 0.6) is 0 Å². The van der Waals surface area contributed by atoms with Crippen molar-refractivity contribution in [3.63, 3.8) is 0 Å². The Hall–Kier alpha value is -1.29. The fourth-order valence-corrected chi connectivity index (χ4v) is 2.87. The molecule has 0 saturated heterocycles. The number of nitrogens with two attached hydrogens (primary N) is 1. The fraction of sp³-hybridized carbons (Fsp3) is 0.667. The third-order valence-electron chi connectivity index (χ3n) is 4.15. The number of nitrogen functional groups attached to an aromatic ring is 1. The Morgan fingerprint density at radius 3 is 2.63 bits per heavy atom. The minimum absolute atomic E-state index is 0.0310. The predicted molar refractivity (Wildman–Crippen MR) is 79.2 cm³/mol. The zero-order valence-corrected chi connectivity index (χ0v) is 11.8. The molecule has 1 aliphatic carbocycles. The molecule has 1 heterocycles. The van der Waals surface area contributed by atoms with E-state index in [1.807, 2.05) is 0 Å². The van der Waals surface area contributed by atoms with Gasteiger partial charge >= 0.3 is 0 Å². The van der Waals surface area contributed by atoms with E-state index in [0.717, 1.165) is 13.1 Å². The second kappa shape index (κ2) is 6.75. The first kappa shape index (κ1) is 14.1. The van der Waals surface area contributed by atoms with Gasteiger partial charge in [-0.2, -0.15) is 0 Å². The number of likely N-dealkylation sites (N-methyl/N-ethyl adjacent to an activating group) is 1. The number of rotatable bonds is 4. The van der Waals surface area contributed by atoms with Gasteiger partial charge in [0.05, 0.1) is 0 Å². The standard InChI is InChI=1S/C15H25N3O/c1-17(14-6-4-2-3-5-7-14)10-11-18-12-13(16)8-9-15(18)19/h8-9,12,14H,2-7,10-11,16H2,1H3. The van der Waals surface area contributed by atoms with E-state index in [-0.39, 0.29) is 5.56 Å². The number of pyridine rings is 1. The first-order chi connectivity index (χ1) is 9.16. The van der Waals surface area contributed by atoms with Gasteiger partial charge in [0.15, 0.2) is 0 Å². The van der Waals surface area contributed by atoms with E-state index in [2.05, 4.69) is 11.9 Å². The molecule has 0 spiro atoms. The van der Waals surface area contributed by atoms with Crippen LogP contribution in [0.2, 0.25) is 0 Å². The summed E-state index contributed by atoms with van der Waals surface area (Å²) < 4.78 is 1.71. The summed E-state index contributed by atoms with van der Waals surface area (Å²) in [6, 6.07) is 3.88. The highest BCUT2D eigenvalue weighted by Gasteiger charge is 2.16. The largest absolute Gasteiger partial charge is 0.398 e. The Bertz CT molecular complexity index is 447. The van der Waals surface area contributed by atoms with E-state index in [4.69, 9.17) is 5.73 Å². The summed E-state index contributed by atoms with van der Waals surface area (Å²) in [6.07, 6.45) is 9.76. The smallest absolute Gasteiger partial charge is 0.250 e. The molecule has 1 aromatic heterocycles. The van der Waals surface area contributed by atoms with E-state index in [9.17, 15) is 4.79 Å². The lowest BCUT2D eigenvalue weighted by Crippen LogP contribution is -2.35. The van der Waals surface area contributed by atoms with Crippen molar-refractivity contribution in [2.45, 2.75) is 51.1 Å². The molecule has 0 atom stereocenters. The molecular formula is C15H25N3O. The van der Waals surface area contributed by atoms with Crippen LogP contribution in [0, 0.1) is 0 Å².